The lowest BCUT2D eigenvalue weighted by Gasteiger charge is -2.03. The minimum absolute atomic E-state index is 0.0943. The van der Waals surface area contributed by atoms with Crippen molar-refractivity contribution >= 4 is 0 Å². The van der Waals surface area contributed by atoms with Crippen LogP contribution >= 0.6 is 0 Å². The molecule has 0 atom stereocenters. The van der Waals surface area contributed by atoms with Crippen LogP contribution in [-0.4, -0.2) is 23.0 Å². The third-order valence-corrected chi connectivity index (χ3v) is 1.12. The monoisotopic (exact) mass is 185 g/mol. The van der Waals surface area contributed by atoms with Crippen LogP contribution in [0.1, 0.15) is 5.69 Å². The molecule has 0 unspecified atom stereocenters. The Balaban J connectivity index is 2.71. The average molecular weight is 185 g/mol. The van der Waals surface area contributed by atoms with Gasteiger partial charge in [0.25, 0.3) is 12.3 Å². The SMILES string of the molecule is N#Cc1nccnc1OCC(F)F. The number of nitriles is 1. The first kappa shape index (κ1) is 9.32. The summed E-state index contributed by atoms with van der Waals surface area (Å²) >= 11 is 0. The van der Waals surface area contributed by atoms with Crippen molar-refractivity contribution in [1.29, 1.82) is 5.26 Å². The number of nitrogens with zero attached hydrogens (tertiary/aromatic N) is 3. The maximum atomic E-state index is 11.7. The van der Waals surface area contributed by atoms with Gasteiger partial charge in [0.05, 0.1) is 0 Å². The van der Waals surface area contributed by atoms with Crippen molar-refractivity contribution in [3.63, 3.8) is 0 Å². The van der Waals surface area contributed by atoms with Crippen molar-refractivity contribution in [3.8, 4) is 11.9 Å². The molecule has 1 aromatic rings. The first-order valence-electron chi connectivity index (χ1n) is 3.36. The van der Waals surface area contributed by atoms with E-state index in [1.807, 2.05) is 0 Å². The van der Waals surface area contributed by atoms with E-state index in [2.05, 4.69) is 14.7 Å². The van der Waals surface area contributed by atoms with Gasteiger partial charge in [0.1, 0.15) is 6.07 Å². The Morgan fingerprint density at radius 2 is 2.15 bits per heavy atom. The molecular weight excluding hydrogens is 180 g/mol. The molecule has 13 heavy (non-hydrogen) atoms. The fourth-order valence-electron chi connectivity index (χ4n) is 0.650. The van der Waals surface area contributed by atoms with E-state index in [9.17, 15) is 8.78 Å². The minimum atomic E-state index is -2.59. The molecule has 0 aliphatic carbocycles. The molecule has 1 aromatic heterocycles. The molecule has 0 saturated carbocycles. The standard InChI is InChI=1S/C7H5F2N3O/c8-6(9)4-13-7-5(3-10)11-1-2-12-7/h1-2,6H,4H2. The predicted octanol–water partition coefficient (Wildman–Crippen LogP) is 0.992. The topological polar surface area (TPSA) is 58.8 Å². The number of rotatable bonds is 3. The van der Waals surface area contributed by atoms with Gasteiger partial charge in [-0.3, -0.25) is 0 Å². The van der Waals surface area contributed by atoms with Crippen molar-refractivity contribution in [1.82, 2.24) is 9.97 Å². The van der Waals surface area contributed by atoms with Crippen LogP contribution in [0.4, 0.5) is 8.78 Å². The van der Waals surface area contributed by atoms with Crippen LogP contribution in [0.5, 0.6) is 5.88 Å². The lowest BCUT2D eigenvalue weighted by atomic mass is 10.5. The first-order chi connectivity index (χ1) is 6.24. The van der Waals surface area contributed by atoms with Crippen LogP contribution in [0.15, 0.2) is 12.4 Å². The molecule has 0 N–H and O–H groups in total. The summed E-state index contributed by atoms with van der Waals surface area (Å²) in [5, 5.41) is 8.46. The van der Waals surface area contributed by atoms with Crippen molar-refractivity contribution in [2.45, 2.75) is 6.43 Å². The van der Waals surface area contributed by atoms with E-state index in [0.717, 1.165) is 0 Å². The molecule has 0 radical (unpaired) electrons. The number of aromatic nitrogens is 2. The van der Waals surface area contributed by atoms with Gasteiger partial charge in [0.15, 0.2) is 6.61 Å². The largest absolute Gasteiger partial charge is 0.470 e. The summed E-state index contributed by atoms with van der Waals surface area (Å²) in [6, 6.07) is 1.68. The Bertz CT molecular complexity index is 324. The maximum Gasteiger partial charge on any atom is 0.272 e. The molecule has 0 aliphatic rings. The van der Waals surface area contributed by atoms with Gasteiger partial charge in [-0.05, 0) is 0 Å². The van der Waals surface area contributed by atoms with Gasteiger partial charge in [0.2, 0.25) is 5.69 Å². The zero-order valence-electron chi connectivity index (χ0n) is 6.44. The van der Waals surface area contributed by atoms with E-state index in [1.165, 1.54) is 12.4 Å². The summed E-state index contributed by atoms with van der Waals surface area (Å²) < 4.78 is 27.9. The molecule has 0 spiro atoms. The fraction of sp³-hybridized carbons (Fsp3) is 0.286. The van der Waals surface area contributed by atoms with Crippen molar-refractivity contribution in [3.05, 3.63) is 18.1 Å². The molecule has 1 rings (SSSR count). The highest BCUT2D eigenvalue weighted by Gasteiger charge is 2.08. The molecule has 6 heteroatoms. The van der Waals surface area contributed by atoms with Gasteiger partial charge in [-0.1, -0.05) is 0 Å². The second-order valence-corrected chi connectivity index (χ2v) is 2.02. The summed E-state index contributed by atoms with van der Waals surface area (Å²) in [6.07, 6.45) is -0.0383. The summed E-state index contributed by atoms with van der Waals surface area (Å²) in [5.41, 5.74) is -0.0943. The molecule has 0 saturated heterocycles. The number of halogens is 2. The van der Waals surface area contributed by atoms with Gasteiger partial charge in [-0.25, -0.2) is 18.7 Å². The quantitative estimate of drug-likeness (QED) is 0.704. The van der Waals surface area contributed by atoms with Crippen LogP contribution in [0.3, 0.4) is 0 Å². The van der Waals surface area contributed by atoms with Gasteiger partial charge in [0, 0.05) is 12.4 Å². The maximum absolute atomic E-state index is 11.7. The van der Waals surface area contributed by atoms with E-state index >= 15 is 0 Å². The first-order valence-corrected chi connectivity index (χ1v) is 3.36. The number of alkyl halides is 2. The molecule has 0 aromatic carbocycles. The van der Waals surface area contributed by atoms with Crippen LogP contribution in [-0.2, 0) is 0 Å². The summed E-state index contributed by atoms with van der Waals surface area (Å²) in [5.74, 6) is -0.162. The van der Waals surface area contributed by atoms with Gasteiger partial charge in [-0.15, -0.1) is 0 Å². The number of hydrogen-bond donors (Lipinski definition) is 0. The summed E-state index contributed by atoms with van der Waals surface area (Å²) in [4.78, 5) is 7.16. The normalized spacial score (nSPS) is 9.69. The molecule has 0 bridgehead atoms. The second kappa shape index (κ2) is 4.30. The molecule has 4 nitrogen and oxygen atoms in total. The van der Waals surface area contributed by atoms with Gasteiger partial charge in [-0.2, -0.15) is 5.26 Å². The van der Waals surface area contributed by atoms with Crippen LogP contribution < -0.4 is 4.74 Å². The van der Waals surface area contributed by atoms with Crippen LogP contribution in [0, 0.1) is 11.3 Å². The highest BCUT2D eigenvalue weighted by atomic mass is 19.3. The third-order valence-electron chi connectivity index (χ3n) is 1.12. The van der Waals surface area contributed by atoms with Crippen molar-refractivity contribution in [2.75, 3.05) is 6.61 Å². The van der Waals surface area contributed by atoms with E-state index < -0.39 is 13.0 Å². The predicted molar refractivity (Wildman–Crippen MR) is 38.2 cm³/mol. The Morgan fingerprint density at radius 3 is 2.77 bits per heavy atom. The third kappa shape index (κ3) is 2.63. The van der Waals surface area contributed by atoms with Crippen molar-refractivity contribution in [2.24, 2.45) is 0 Å². The molecule has 1 heterocycles. The Kier molecular flexibility index (Phi) is 3.09. The highest BCUT2D eigenvalue weighted by molar-refractivity contribution is 5.29. The van der Waals surface area contributed by atoms with E-state index in [4.69, 9.17) is 5.26 Å². The smallest absolute Gasteiger partial charge is 0.272 e. The number of ether oxygens (including phenoxy) is 1. The average Bonchev–Trinajstić information content (AvgIpc) is 2.15. The zero-order valence-corrected chi connectivity index (χ0v) is 6.44. The Hall–Kier alpha value is -1.77. The van der Waals surface area contributed by atoms with Crippen LogP contribution in [0.2, 0.25) is 0 Å². The molecule has 0 amide bonds. The molecule has 68 valence electrons. The fourth-order valence-corrected chi connectivity index (χ4v) is 0.650. The van der Waals surface area contributed by atoms with Crippen molar-refractivity contribution < 1.29 is 13.5 Å². The summed E-state index contributed by atoms with van der Waals surface area (Å²) in [7, 11) is 0. The van der Waals surface area contributed by atoms with E-state index in [-0.39, 0.29) is 11.6 Å². The van der Waals surface area contributed by atoms with E-state index in [0.29, 0.717) is 0 Å². The second-order valence-electron chi connectivity index (χ2n) is 2.02. The number of hydrogen-bond acceptors (Lipinski definition) is 4. The lowest BCUT2D eigenvalue weighted by Crippen LogP contribution is -2.09. The van der Waals surface area contributed by atoms with Gasteiger partial charge >= 0.3 is 0 Å². The molecule has 0 fully saturated rings. The summed E-state index contributed by atoms with van der Waals surface area (Å²) in [6.45, 7) is -0.784. The van der Waals surface area contributed by atoms with Crippen LogP contribution in [0.25, 0.3) is 0 Å². The minimum Gasteiger partial charge on any atom is -0.470 e. The Morgan fingerprint density at radius 1 is 1.46 bits per heavy atom. The highest BCUT2D eigenvalue weighted by Crippen LogP contribution is 2.10. The van der Waals surface area contributed by atoms with E-state index in [1.54, 1.807) is 6.07 Å². The van der Waals surface area contributed by atoms with Gasteiger partial charge < -0.3 is 4.74 Å². The molecule has 0 aliphatic heterocycles. The molecular formula is C7H5F2N3O. The Labute approximate surface area is 72.8 Å². The lowest BCUT2D eigenvalue weighted by molar-refractivity contribution is 0.0792. The zero-order chi connectivity index (χ0) is 9.68.